The van der Waals surface area contributed by atoms with Crippen molar-refractivity contribution in [3.8, 4) is 0 Å². The summed E-state index contributed by atoms with van der Waals surface area (Å²) in [7, 11) is 0. The van der Waals surface area contributed by atoms with Gasteiger partial charge in [0.05, 0.1) is 0 Å². The Morgan fingerprint density at radius 3 is 3.33 bits per heavy atom. The molecule has 0 aromatic carbocycles. The van der Waals surface area contributed by atoms with Gasteiger partial charge in [0.1, 0.15) is 11.8 Å². The zero-order chi connectivity index (χ0) is 6.10. The zero-order valence-corrected chi connectivity index (χ0v) is 4.78. The highest BCUT2D eigenvalue weighted by Gasteiger charge is 1.86. The van der Waals surface area contributed by atoms with Gasteiger partial charge in [0, 0.05) is 12.4 Å². The van der Waals surface area contributed by atoms with Crippen molar-refractivity contribution >= 4 is 5.65 Å². The van der Waals surface area contributed by atoms with E-state index in [9.17, 15) is 0 Å². The van der Waals surface area contributed by atoms with Gasteiger partial charge in [0.25, 0.3) is 0 Å². The van der Waals surface area contributed by atoms with Gasteiger partial charge in [-0.25, -0.2) is 4.98 Å². The lowest BCUT2D eigenvalue weighted by Gasteiger charge is -1.86. The van der Waals surface area contributed by atoms with Crippen molar-refractivity contribution in [3.63, 3.8) is 0 Å². The van der Waals surface area contributed by atoms with Crippen LogP contribution in [-0.4, -0.2) is 9.38 Å². The van der Waals surface area contributed by atoms with Crippen LogP contribution in [0.4, 0.5) is 0 Å². The Morgan fingerprint density at radius 1 is 1.44 bits per heavy atom. The van der Waals surface area contributed by atoms with Gasteiger partial charge in [0.15, 0.2) is 0 Å². The summed E-state index contributed by atoms with van der Waals surface area (Å²) >= 11 is 0. The summed E-state index contributed by atoms with van der Waals surface area (Å²) in [5.41, 5.74) is 0.942. The van der Waals surface area contributed by atoms with E-state index in [1.54, 1.807) is 6.20 Å². The Labute approximate surface area is 52.8 Å². The second-order valence-corrected chi connectivity index (χ2v) is 1.84. The number of nitrogens with zero attached hydrogens (tertiary/aromatic N) is 2. The molecule has 0 fully saturated rings. The van der Waals surface area contributed by atoms with E-state index in [0.29, 0.717) is 0 Å². The third-order valence-corrected chi connectivity index (χ3v) is 1.24. The SMILES string of the molecule is [c]1cn2ccccc2n1. The molecule has 0 N–H and O–H groups in total. The molecule has 1 radical (unpaired) electrons. The quantitative estimate of drug-likeness (QED) is 0.505. The van der Waals surface area contributed by atoms with Gasteiger partial charge in [-0.1, -0.05) is 6.07 Å². The maximum absolute atomic E-state index is 3.96. The Balaban J connectivity index is 2.95. The largest absolute Gasteiger partial charge is 0.306 e. The van der Waals surface area contributed by atoms with Crippen LogP contribution >= 0.6 is 0 Å². The number of hydrogen-bond acceptors (Lipinski definition) is 1. The molecule has 0 aliphatic carbocycles. The van der Waals surface area contributed by atoms with Gasteiger partial charge in [-0.15, -0.1) is 0 Å². The highest BCUT2D eigenvalue weighted by atomic mass is 15.0. The van der Waals surface area contributed by atoms with E-state index in [4.69, 9.17) is 0 Å². The molecule has 0 aliphatic heterocycles. The van der Waals surface area contributed by atoms with E-state index in [2.05, 4.69) is 11.2 Å². The first-order valence-corrected chi connectivity index (χ1v) is 2.76. The first-order valence-electron chi connectivity index (χ1n) is 2.76. The minimum Gasteiger partial charge on any atom is -0.306 e. The van der Waals surface area contributed by atoms with Gasteiger partial charge in [-0.3, -0.25) is 0 Å². The molecule has 0 saturated carbocycles. The van der Waals surface area contributed by atoms with E-state index in [1.165, 1.54) is 0 Å². The topological polar surface area (TPSA) is 17.3 Å². The minimum atomic E-state index is 0.942. The Kier molecular flexibility index (Phi) is 0.803. The van der Waals surface area contributed by atoms with Crippen LogP contribution < -0.4 is 0 Å². The maximum atomic E-state index is 3.96. The van der Waals surface area contributed by atoms with Gasteiger partial charge < -0.3 is 4.40 Å². The third-order valence-electron chi connectivity index (χ3n) is 1.24. The maximum Gasteiger partial charge on any atom is 0.137 e. The smallest absolute Gasteiger partial charge is 0.137 e. The van der Waals surface area contributed by atoms with Gasteiger partial charge in [-0.2, -0.15) is 0 Å². The molecule has 43 valence electrons. The number of hydrogen-bond donors (Lipinski definition) is 0. The predicted octanol–water partition coefficient (Wildman–Crippen LogP) is 1.13. The lowest BCUT2D eigenvalue weighted by molar-refractivity contribution is 1.19. The van der Waals surface area contributed by atoms with Gasteiger partial charge >= 0.3 is 0 Å². The lowest BCUT2D eigenvalue weighted by Crippen LogP contribution is -1.77. The third kappa shape index (κ3) is 0.598. The average Bonchev–Trinajstić information content (AvgIpc) is 2.33. The second kappa shape index (κ2) is 1.58. The van der Waals surface area contributed by atoms with Crippen LogP contribution in [0.1, 0.15) is 0 Å². The molecule has 2 heteroatoms. The van der Waals surface area contributed by atoms with Gasteiger partial charge in [-0.05, 0) is 12.1 Å². The van der Waals surface area contributed by atoms with Crippen LogP contribution in [-0.2, 0) is 0 Å². The number of fused-ring (bicyclic) bond motifs is 1. The monoisotopic (exact) mass is 117 g/mol. The van der Waals surface area contributed by atoms with E-state index < -0.39 is 0 Å². The number of rotatable bonds is 0. The fourth-order valence-corrected chi connectivity index (χ4v) is 0.808. The average molecular weight is 117 g/mol. The van der Waals surface area contributed by atoms with Gasteiger partial charge in [0.2, 0.25) is 0 Å². The molecule has 0 atom stereocenters. The van der Waals surface area contributed by atoms with E-state index in [0.717, 1.165) is 5.65 Å². The summed E-state index contributed by atoms with van der Waals surface area (Å²) in [6.45, 7) is 0. The fraction of sp³-hybridized carbons (Fsp3) is 0. The molecule has 0 aliphatic rings. The molecule has 0 bridgehead atoms. The Hall–Kier alpha value is -1.31. The summed E-state index contributed by atoms with van der Waals surface area (Å²) in [5.74, 6) is 0. The van der Waals surface area contributed by atoms with Crippen molar-refractivity contribution in [1.29, 1.82) is 0 Å². The summed E-state index contributed by atoms with van der Waals surface area (Å²) < 4.78 is 1.92. The second-order valence-electron chi connectivity index (χ2n) is 1.84. The minimum absolute atomic E-state index is 0.942. The predicted molar refractivity (Wildman–Crippen MR) is 34.0 cm³/mol. The molecular weight excluding hydrogens is 112 g/mol. The van der Waals surface area contributed by atoms with Crippen LogP contribution in [0.5, 0.6) is 0 Å². The summed E-state index contributed by atoms with van der Waals surface area (Å²) in [6.07, 6.45) is 6.49. The van der Waals surface area contributed by atoms with Crippen LogP contribution in [0.15, 0.2) is 30.6 Å². The first kappa shape index (κ1) is 4.56. The van der Waals surface area contributed by atoms with Crippen molar-refractivity contribution < 1.29 is 0 Å². The normalized spacial score (nSPS) is 10.2. The van der Waals surface area contributed by atoms with Crippen molar-refractivity contribution in [2.24, 2.45) is 0 Å². The molecule has 0 spiro atoms. The first-order chi connectivity index (χ1) is 4.47. The molecule has 9 heavy (non-hydrogen) atoms. The van der Waals surface area contributed by atoms with E-state index in [1.807, 2.05) is 28.8 Å². The van der Waals surface area contributed by atoms with E-state index >= 15 is 0 Å². The van der Waals surface area contributed by atoms with Crippen molar-refractivity contribution in [2.75, 3.05) is 0 Å². The molecule has 2 heterocycles. The summed E-state index contributed by atoms with van der Waals surface area (Å²) in [5, 5.41) is 0. The highest BCUT2D eigenvalue weighted by Crippen LogP contribution is 1.96. The molecule has 0 unspecified atom stereocenters. The zero-order valence-electron chi connectivity index (χ0n) is 4.78. The fourth-order valence-electron chi connectivity index (χ4n) is 0.808. The molecule has 2 aromatic heterocycles. The molecule has 2 nitrogen and oxygen atoms in total. The number of aromatic nitrogens is 2. The molecule has 2 rings (SSSR count). The Morgan fingerprint density at radius 2 is 2.44 bits per heavy atom. The summed E-state index contributed by atoms with van der Waals surface area (Å²) in [6, 6.07) is 5.86. The summed E-state index contributed by atoms with van der Waals surface area (Å²) in [4.78, 5) is 3.96. The molecule has 0 saturated heterocycles. The van der Waals surface area contributed by atoms with E-state index in [-0.39, 0.29) is 0 Å². The standard InChI is InChI=1S/C7H5N2/c1-2-5-9-6-4-8-7(9)3-1/h1-3,5-6H. The number of pyridine rings is 1. The van der Waals surface area contributed by atoms with Crippen LogP contribution in [0.25, 0.3) is 5.65 Å². The van der Waals surface area contributed by atoms with Crippen molar-refractivity contribution in [1.82, 2.24) is 9.38 Å². The van der Waals surface area contributed by atoms with Crippen LogP contribution in [0, 0.1) is 6.20 Å². The van der Waals surface area contributed by atoms with Crippen LogP contribution in [0.2, 0.25) is 0 Å². The molecular formula is C7H5N2. The highest BCUT2D eigenvalue weighted by molar-refractivity contribution is 5.36. The van der Waals surface area contributed by atoms with Crippen molar-refractivity contribution in [3.05, 3.63) is 36.8 Å². The molecule has 2 aromatic rings. The molecule has 0 amide bonds. The van der Waals surface area contributed by atoms with Crippen molar-refractivity contribution in [2.45, 2.75) is 0 Å². The Bertz CT molecular complexity index is 281. The number of imidazole rings is 1. The van der Waals surface area contributed by atoms with Crippen LogP contribution in [0.3, 0.4) is 0 Å². The lowest BCUT2D eigenvalue weighted by atomic mass is 10.5.